The van der Waals surface area contributed by atoms with Gasteiger partial charge in [0.25, 0.3) is 0 Å². The van der Waals surface area contributed by atoms with E-state index in [2.05, 4.69) is 0 Å². The summed E-state index contributed by atoms with van der Waals surface area (Å²) in [5.41, 5.74) is 0. The van der Waals surface area contributed by atoms with E-state index in [-0.39, 0.29) is 28.0 Å². The van der Waals surface area contributed by atoms with E-state index in [0.717, 1.165) is 0 Å². The Morgan fingerprint density at radius 2 is 0.750 bits per heavy atom. The maximum absolute atomic E-state index is 8.49. The Kier molecular flexibility index (Phi) is 22.2. The molecule has 4 N–H and O–H groups in total. The standard InChI is InChI=1S/ClHO4.Cu.2H2O/c2-1(3,4)5;;;/h(H,2,3,4,5);;2*1H2/q;+2;;/p-1. The second-order valence-electron chi connectivity index (χ2n) is 0.378. The summed E-state index contributed by atoms with van der Waals surface area (Å²) >= 11 is 0. The fourth-order valence-corrected chi connectivity index (χ4v) is 0. The van der Waals surface area contributed by atoms with Crippen LogP contribution < -0.4 is 18.6 Å². The van der Waals surface area contributed by atoms with Gasteiger partial charge in [0.05, 0.1) is 0 Å². The summed E-state index contributed by atoms with van der Waals surface area (Å²) < 4.78 is 34.0. The summed E-state index contributed by atoms with van der Waals surface area (Å²) in [5.74, 6) is 0. The molecule has 0 aliphatic carbocycles. The molecule has 0 aliphatic heterocycles. The summed E-state index contributed by atoms with van der Waals surface area (Å²) in [5, 5.41) is 0. The molecule has 0 aliphatic rings. The van der Waals surface area contributed by atoms with Crippen LogP contribution >= 0.6 is 0 Å². The minimum atomic E-state index is -4.94. The van der Waals surface area contributed by atoms with Crippen molar-refractivity contribution < 1.29 is 56.9 Å². The first-order valence-corrected chi connectivity index (χ1v) is 1.85. The summed E-state index contributed by atoms with van der Waals surface area (Å²) in [7, 11) is -4.94. The van der Waals surface area contributed by atoms with Crippen LogP contribution in [0.3, 0.4) is 0 Å². The van der Waals surface area contributed by atoms with Gasteiger partial charge in [0.15, 0.2) is 0 Å². The molecule has 8 heteroatoms. The molecule has 0 unspecified atom stereocenters. The van der Waals surface area contributed by atoms with Gasteiger partial charge in [-0.1, -0.05) is 0 Å². The van der Waals surface area contributed by atoms with Crippen molar-refractivity contribution in [2.24, 2.45) is 0 Å². The molecule has 0 heterocycles. The Labute approximate surface area is 57.6 Å². The van der Waals surface area contributed by atoms with Crippen molar-refractivity contribution >= 4 is 0 Å². The summed E-state index contributed by atoms with van der Waals surface area (Å²) in [6.45, 7) is 0. The van der Waals surface area contributed by atoms with E-state index in [1.807, 2.05) is 0 Å². The van der Waals surface area contributed by atoms with E-state index in [9.17, 15) is 0 Å². The maximum Gasteiger partial charge on any atom is 2.00 e. The van der Waals surface area contributed by atoms with Crippen molar-refractivity contribution in [1.82, 2.24) is 0 Å². The Bertz CT molecular complexity index is 24.0. The second kappa shape index (κ2) is 7.57. The Morgan fingerprint density at radius 1 is 0.750 bits per heavy atom. The van der Waals surface area contributed by atoms with Gasteiger partial charge in [0.2, 0.25) is 0 Å². The molecular formula is H4ClCuO6+. The average molecular weight is 199 g/mol. The molecule has 0 saturated heterocycles. The van der Waals surface area contributed by atoms with E-state index in [1.54, 1.807) is 0 Å². The van der Waals surface area contributed by atoms with Crippen molar-refractivity contribution in [3.05, 3.63) is 0 Å². The van der Waals surface area contributed by atoms with Crippen LogP contribution in [0.1, 0.15) is 0 Å². The molecule has 0 aromatic carbocycles. The van der Waals surface area contributed by atoms with Crippen molar-refractivity contribution in [2.75, 3.05) is 0 Å². The molecule has 0 spiro atoms. The van der Waals surface area contributed by atoms with Crippen LogP contribution in [0.5, 0.6) is 0 Å². The SMILES string of the molecule is O.O.[Cu+2].[O-][Cl+3]([O-])([O-])[O-]. The van der Waals surface area contributed by atoms with Crippen molar-refractivity contribution in [2.45, 2.75) is 0 Å². The first kappa shape index (κ1) is 23.5. The Hall–Kier alpha value is 0.569. The molecule has 0 aromatic rings. The summed E-state index contributed by atoms with van der Waals surface area (Å²) in [6.07, 6.45) is 0. The van der Waals surface area contributed by atoms with Gasteiger partial charge in [-0.15, -0.1) is 10.2 Å². The van der Waals surface area contributed by atoms with Crippen LogP contribution in [0.15, 0.2) is 0 Å². The van der Waals surface area contributed by atoms with Crippen LogP contribution in [-0.2, 0) is 17.1 Å². The quantitative estimate of drug-likeness (QED) is 0.355. The molecule has 0 amide bonds. The fourth-order valence-electron chi connectivity index (χ4n) is 0. The van der Waals surface area contributed by atoms with Crippen molar-refractivity contribution in [3.8, 4) is 0 Å². The molecule has 0 atom stereocenters. The first-order chi connectivity index (χ1) is 2.00. The molecular weight excluding hydrogens is 195 g/mol. The predicted octanol–water partition coefficient (Wildman–Crippen LogP) is -6.41. The molecule has 0 aromatic heterocycles. The van der Waals surface area contributed by atoms with Gasteiger partial charge in [0.1, 0.15) is 0 Å². The van der Waals surface area contributed by atoms with Crippen LogP contribution in [-0.4, -0.2) is 11.0 Å². The van der Waals surface area contributed by atoms with Crippen LogP contribution in [0.25, 0.3) is 0 Å². The topological polar surface area (TPSA) is 155 Å². The van der Waals surface area contributed by atoms with Gasteiger partial charge >= 0.3 is 17.1 Å². The Balaban J connectivity index is -0.0000000267. The molecule has 0 rings (SSSR count). The third kappa shape index (κ3) is 628. The summed E-state index contributed by atoms with van der Waals surface area (Å²) in [6, 6.07) is 0. The largest absolute Gasteiger partial charge is 2.00 e. The fraction of sp³-hybridized carbons (Fsp3) is 0. The molecule has 6 nitrogen and oxygen atoms in total. The second-order valence-corrected chi connectivity index (χ2v) is 1.13. The van der Waals surface area contributed by atoms with Gasteiger partial charge in [-0.05, 0) is 0 Å². The summed E-state index contributed by atoms with van der Waals surface area (Å²) in [4.78, 5) is 0. The first-order valence-electron chi connectivity index (χ1n) is 0.617. The average Bonchev–Trinajstić information content (AvgIpc) is 0.722. The molecule has 0 bridgehead atoms. The van der Waals surface area contributed by atoms with Gasteiger partial charge in [-0.2, -0.15) is 0 Å². The van der Waals surface area contributed by atoms with E-state index in [1.165, 1.54) is 0 Å². The van der Waals surface area contributed by atoms with Crippen LogP contribution in [0, 0.1) is 10.2 Å². The van der Waals surface area contributed by atoms with Gasteiger partial charge in [0, 0.05) is 0 Å². The predicted molar refractivity (Wildman–Crippen MR) is 7.23 cm³/mol. The van der Waals surface area contributed by atoms with E-state index >= 15 is 0 Å². The molecule has 0 fully saturated rings. The minimum absolute atomic E-state index is 0. The van der Waals surface area contributed by atoms with Gasteiger partial charge in [-0.25, -0.2) is 18.6 Å². The normalized spacial score (nSPS) is 7.50. The van der Waals surface area contributed by atoms with Crippen LogP contribution in [0.4, 0.5) is 0 Å². The van der Waals surface area contributed by atoms with Gasteiger partial charge < -0.3 is 11.0 Å². The van der Waals surface area contributed by atoms with Crippen molar-refractivity contribution in [3.63, 3.8) is 0 Å². The maximum atomic E-state index is 8.49. The van der Waals surface area contributed by atoms with E-state index in [4.69, 9.17) is 18.6 Å². The number of hydrogen-bond acceptors (Lipinski definition) is 4. The number of halogens is 1. The third-order valence-electron chi connectivity index (χ3n) is 0. The van der Waals surface area contributed by atoms with E-state index < -0.39 is 10.2 Å². The smallest absolute Gasteiger partial charge is 0.412 e. The zero-order chi connectivity index (χ0) is 4.50. The van der Waals surface area contributed by atoms with E-state index in [0.29, 0.717) is 0 Å². The monoisotopic (exact) mass is 198 g/mol. The molecule has 1 radical (unpaired) electrons. The molecule has 0 saturated carbocycles. The molecule has 57 valence electrons. The van der Waals surface area contributed by atoms with Gasteiger partial charge in [-0.3, -0.25) is 0 Å². The number of rotatable bonds is 0. The van der Waals surface area contributed by atoms with Crippen LogP contribution in [0.2, 0.25) is 0 Å². The zero-order valence-corrected chi connectivity index (χ0v) is 5.01. The third-order valence-corrected chi connectivity index (χ3v) is 0. The molecule has 8 heavy (non-hydrogen) atoms. The number of hydrogen-bond donors (Lipinski definition) is 0. The van der Waals surface area contributed by atoms with Crippen molar-refractivity contribution in [1.29, 1.82) is 0 Å². The Morgan fingerprint density at radius 3 is 0.750 bits per heavy atom. The minimum Gasteiger partial charge on any atom is -0.412 e. The zero-order valence-electron chi connectivity index (χ0n) is 3.31.